The molecule has 0 fully saturated rings. The summed E-state index contributed by atoms with van der Waals surface area (Å²) in [4.78, 5) is 11.6. The molecule has 0 spiro atoms. The first kappa shape index (κ1) is 15.0. The van der Waals surface area contributed by atoms with Crippen LogP contribution >= 0.6 is 0 Å². The molecule has 0 atom stereocenters. The molecule has 0 aliphatic carbocycles. The molecule has 1 aromatic heterocycles. The number of alkyl halides is 3. The largest absolute Gasteiger partial charge is 0.492 e. The van der Waals surface area contributed by atoms with Crippen molar-refractivity contribution < 1.29 is 17.9 Å². The van der Waals surface area contributed by atoms with Crippen molar-refractivity contribution >= 4 is 5.69 Å². The maximum Gasteiger partial charge on any atom is 0.431 e. The fraction of sp³-hybridized carbons (Fsp3) is 0.214. The van der Waals surface area contributed by atoms with Crippen molar-refractivity contribution in [3.8, 4) is 5.75 Å². The number of rotatable bonds is 4. The van der Waals surface area contributed by atoms with Crippen molar-refractivity contribution in [1.29, 1.82) is 0 Å². The maximum atomic E-state index is 12.8. The van der Waals surface area contributed by atoms with Gasteiger partial charge in [0.2, 0.25) is 0 Å². The lowest BCUT2D eigenvalue weighted by atomic mass is 10.3. The van der Waals surface area contributed by atoms with Crippen LogP contribution in [0.1, 0.15) is 5.69 Å². The molecule has 0 aliphatic rings. The molecule has 0 saturated carbocycles. The molecule has 2 rings (SSSR count). The fourth-order valence-corrected chi connectivity index (χ4v) is 1.82. The molecule has 2 aromatic rings. The van der Waals surface area contributed by atoms with Crippen LogP contribution in [0.4, 0.5) is 18.9 Å². The lowest BCUT2D eigenvalue weighted by Crippen LogP contribution is -2.29. The number of aromatic nitrogens is 1. The highest BCUT2D eigenvalue weighted by Crippen LogP contribution is 2.28. The van der Waals surface area contributed by atoms with Gasteiger partial charge in [-0.2, -0.15) is 13.2 Å². The third-order valence-electron chi connectivity index (χ3n) is 2.80. The van der Waals surface area contributed by atoms with E-state index in [0.717, 1.165) is 18.2 Å². The minimum absolute atomic E-state index is 0.0586. The van der Waals surface area contributed by atoms with Crippen LogP contribution in [-0.2, 0) is 12.7 Å². The second-order valence-corrected chi connectivity index (χ2v) is 4.32. The van der Waals surface area contributed by atoms with Crippen molar-refractivity contribution in [1.82, 2.24) is 4.57 Å². The zero-order chi connectivity index (χ0) is 15.5. The first-order valence-corrected chi connectivity index (χ1v) is 6.13. The molecular weight excluding hydrogens is 285 g/mol. The summed E-state index contributed by atoms with van der Waals surface area (Å²) in [5, 5.41) is 0. The molecule has 2 N–H and O–H groups in total. The highest BCUT2D eigenvalue weighted by molar-refractivity contribution is 5.41. The summed E-state index contributed by atoms with van der Waals surface area (Å²) in [6, 6.07) is 9.48. The Balaban J connectivity index is 2.10. The average Bonchev–Trinajstić information content (AvgIpc) is 2.41. The van der Waals surface area contributed by atoms with Crippen LogP contribution in [0.15, 0.2) is 47.3 Å². The molecule has 0 amide bonds. The van der Waals surface area contributed by atoms with E-state index in [1.54, 1.807) is 24.3 Å². The number of hydrogen-bond donors (Lipinski definition) is 1. The molecule has 112 valence electrons. The summed E-state index contributed by atoms with van der Waals surface area (Å²) in [5.41, 5.74) is 4.36. The van der Waals surface area contributed by atoms with Crippen LogP contribution in [0.25, 0.3) is 0 Å². The monoisotopic (exact) mass is 298 g/mol. The van der Waals surface area contributed by atoms with Crippen LogP contribution in [-0.4, -0.2) is 11.2 Å². The molecule has 7 heteroatoms. The minimum Gasteiger partial charge on any atom is -0.492 e. The smallest absolute Gasteiger partial charge is 0.431 e. The number of anilines is 1. The van der Waals surface area contributed by atoms with Crippen molar-refractivity contribution in [2.24, 2.45) is 0 Å². The summed E-state index contributed by atoms with van der Waals surface area (Å²) in [6.45, 7) is -0.254. The number of nitrogens with zero attached hydrogens (tertiary/aromatic N) is 1. The molecule has 0 radical (unpaired) electrons. The predicted molar refractivity (Wildman–Crippen MR) is 72.1 cm³/mol. The number of nitrogen functional groups attached to an aromatic ring is 1. The van der Waals surface area contributed by atoms with E-state index in [1.807, 2.05) is 0 Å². The highest BCUT2D eigenvalue weighted by atomic mass is 19.4. The van der Waals surface area contributed by atoms with E-state index < -0.39 is 17.4 Å². The zero-order valence-corrected chi connectivity index (χ0v) is 10.9. The van der Waals surface area contributed by atoms with Gasteiger partial charge in [0, 0.05) is 11.8 Å². The van der Waals surface area contributed by atoms with Gasteiger partial charge in [-0.3, -0.25) is 4.79 Å². The van der Waals surface area contributed by atoms with Gasteiger partial charge in [0.25, 0.3) is 5.56 Å². The van der Waals surface area contributed by atoms with Gasteiger partial charge in [-0.25, -0.2) is 0 Å². The van der Waals surface area contributed by atoms with Gasteiger partial charge in [-0.15, -0.1) is 0 Å². The van der Waals surface area contributed by atoms with E-state index in [-0.39, 0.29) is 13.2 Å². The molecule has 1 heterocycles. The topological polar surface area (TPSA) is 57.2 Å². The number of halogens is 3. The normalized spacial score (nSPS) is 11.4. The van der Waals surface area contributed by atoms with Crippen molar-refractivity contribution in [2.75, 3.05) is 12.3 Å². The first-order chi connectivity index (χ1) is 9.88. The first-order valence-electron chi connectivity index (χ1n) is 6.13. The number of pyridine rings is 1. The summed E-state index contributed by atoms with van der Waals surface area (Å²) in [5.74, 6) is 0.474. The third kappa shape index (κ3) is 3.77. The van der Waals surface area contributed by atoms with Gasteiger partial charge in [-0.1, -0.05) is 6.07 Å². The molecule has 4 nitrogen and oxygen atoms in total. The molecule has 0 aliphatic heterocycles. The number of hydrogen-bond acceptors (Lipinski definition) is 3. The van der Waals surface area contributed by atoms with E-state index in [4.69, 9.17) is 10.5 Å². The fourth-order valence-electron chi connectivity index (χ4n) is 1.82. The Morgan fingerprint density at radius 2 is 1.76 bits per heavy atom. The number of benzene rings is 1. The van der Waals surface area contributed by atoms with Gasteiger partial charge in [0.1, 0.15) is 18.1 Å². The quantitative estimate of drug-likeness (QED) is 0.882. The number of ether oxygens (including phenoxy) is 1. The summed E-state index contributed by atoms with van der Waals surface area (Å²) in [6.07, 6.45) is -4.58. The summed E-state index contributed by atoms with van der Waals surface area (Å²) >= 11 is 0. The van der Waals surface area contributed by atoms with Gasteiger partial charge in [0.05, 0.1) is 6.54 Å². The minimum atomic E-state index is -4.58. The molecule has 1 aromatic carbocycles. The maximum absolute atomic E-state index is 12.8. The van der Waals surface area contributed by atoms with E-state index in [1.165, 1.54) is 0 Å². The number of nitrogens with two attached hydrogens (primary N) is 1. The van der Waals surface area contributed by atoms with Crippen LogP contribution < -0.4 is 16.0 Å². The second-order valence-electron chi connectivity index (χ2n) is 4.32. The lowest BCUT2D eigenvalue weighted by Gasteiger charge is -2.15. The van der Waals surface area contributed by atoms with E-state index >= 15 is 0 Å². The Morgan fingerprint density at radius 1 is 1.10 bits per heavy atom. The van der Waals surface area contributed by atoms with E-state index in [9.17, 15) is 18.0 Å². The van der Waals surface area contributed by atoms with Crippen molar-refractivity contribution in [3.05, 3.63) is 58.5 Å². The zero-order valence-electron chi connectivity index (χ0n) is 10.9. The van der Waals surface area contributed by atoms with Crippen LogP contribution in [0, 0.1) is 0 Å². The SMILES string of the molecule is Nc1ccc(OCCn2c(C(F)(F)F)cccc2=O)cc1. The second kappa shape index (κ2) is 5.90. The van der Waals surface area contributed by atoms with Gasteiger partial charge < -0.3 is 15.0 Å². The third-order valence-corrected chi connectivity index (χ3v) is 2.80. The standard InChI is InChI=1S/C14H13F3N2O2/c15-14(16,17)12-2-1-3-13(20)19(12)8-9-21-11-6-4-10(18)5-7-11/h1-7H,8-9,18H2. The summed E-state index contributed by atoms with van der Waals surface area (Å²) in [7, 11) is 0. The lowest BCUT2D eigenvalue weighted by molar-refractivity contribution is -0.144. The van der Waals surface area contributed by atoms with Gasteiger partial charge in [-0.05, 0) is 30.3 Å². The highest BCUT2D eigenvalue weighted by Gasteiger charge is 2.33. The molecular formula is C14H13F3N2O2. The van der Waals surface area contributed by atoms with Crippen LogP contribution in [0.5, 0.6) is 5.75 Å². The van der Waals surface area contributed by atoms with E-state index in [0.29, 0.717) is 16.0 Å². The summed E-state index contributed by atoms with van der Waals surface area (Å²) < 4.78 is 44.4. The van der Waals surface area contributed by atoms with Gasteiger partial charge >= 0.3 is 6.18 Å². The molecule has 0 bridgehead atoms. The van der Waals surface area contributed by atoms with Crippen molar-refractivity contribution in [2.45, 2.75) is 12.7 Å². The van der Waals surface area contributed by atoms with Gasteiger partial charge in [0.15, 0.2) is 0 Å². The molecule has 0 unspecified atom stereocenters. The molecule has 21 heavy (non-hydrogen) atoms. The van der Waals surface area contributed by atoms with Crippen LogP contribution in [0.2, 0.25) is 0 Å². The Labute approximate surface area is 118 Å². The Hall–Kier alpha value is -2.44. The Morgan fingerprint density at radius 3 is 2.38 bits per heavy atom. The Bertz CT molecular complexity index is 663. The van der Waals surface area contributed by atoms with Crippen molar-refractivity contribution in [3.63, 3.8) is 0 Å². The predicted octanol–water partition coefficient (Wildman–Crippen LogP) is 2.53. The average molecular weight is 298 g/mol. The van der Waals surface area contributed by atoms with Crippen LogP contribution in [0.3, 0.4) is 0 Å². The Kier molecular flexibility index (Phi) is 4.21. The van der Waals surface area contributed by atoms with E-state index in [2.05, 4.69) is 0 Å². The molecule has 0 saturated heterocycles.